The van der Waals surface area contributed by atoms with Crippen LogP contribution in [0.25, 0.3) is 0 Å². The molecule has 0 bridgehead atoms. The molecule has 2 aliphatic heterocycles. The Bertz CT molecular complexity index is 632. The van der Waals surface area contributed by atoms with Crippen molar-refractivity contribution in [1.29, 1.82) is 0 Å². The normalized spacial score (nSPS) is 19.1. The maximum absolute atomic E-state index is 12.1. The molecule has 7 heteroatoms. The van der Waals surface area contributed by atoms with Crippen LogP contribution < -0.4 is 20.1 Å². The van der Waals surface area contributed by atoms with Crippen LogP contribution in [0.2, 0.25) is 0 Å². The van der Waals surface area contributed by atoms with Crippen molar-refractivity contribution in [3.8, 4) is 11.5 Å². The van der Waals surface area contributed by atoms with Crippen LogP contribution in [0.3, 0.4) is 0 Å². The summed E-state index contributed by atoms with van der Waals surface area (Å²) in [5, 5.41) is 5.68. The maximum atomic E-state index is 12.1. The Morgan fingerprint density at radius 1 is 1.52 bits per heavy atom. The van der Waals surface area contributed by atoms with Gasteiger partial charge in [-0.25, -0.2) is 4.79 Å². The number of nitrogens with zero attached hydrogens (tertiary/aromatic N) is 1. The van der Waals surface area contributed by atoms with Gasteiger partial charge < -0.3 is 20.1 Å². The number of amides is 3. The number of carbonyl (C=O) groups excluding carboxylic acids is 2. The molecule has 2 heterocycles. The number of carbonyl (C=O) groups is 2. The molecule has 2 aliphatic rings. The van der Waals surface area contributed by atoms with Gasteiger partial charge >= 0.3 is 6.03 Å². The third kappa shape index (κ3) is 3.18. The van der Waals surface area contributed by atoms with E-state index in [9.17, 15) is 9.59 Å². The summed E-state index contributed by atoms with van der Waals surface area (Å²) >= 11 is 0. The molecule has 0 aromatic heterocycles. The van der Waals surface area contributed by atoms with Gasteiger partial charge in [-0.3, -0.25) is 9.69 Å². The zero-order valence-electron chi connectivity index (χ0n) is 13.3. The highest BCUT2D eigenvalue weighted by Crippen LogP contribution is 2.37. The fourth-order valence-corrected chi connectivity index (χ4v) is 2.83. The van der Waals surface area contributed by atoms with Gasteiger partial charge in [0, 0.05) is 31.1 Å². The van der Waals surface area contributed by atoms with Gasteiger partial charge in [0.05, 0.1) is 18.8 Å². The van der Waals surface area contributed by atoms with Crippen LogP contribution in [0.4, 0.5) is 10.5 Å². The predicted octanol–water partition coefficient (Wildman–Crippen LogP) is 1.37. The molecule has 2 N–H and O–H groups in total. The number of nitrogens with one attached hydrogen (secondary N) is 2. The van der Waals surface area contributed by atoms with Crippen LogP contribution in [0, 0.1) is 0 Å². The second kappa shape index (κ2) is 6.36. The molecule has 1 saturated heterocycles. The summed E-state index contributed by atoms with van der Waals surface area (Å²) in [5.74, 6) is 1.25. The molecule has 0 aliphatic carbocycles. The lowest BCUT2D eigenvalue weighted by molar-refractivity contribution is -0.125. The number of urea groups is 1. The molecular weight excluding hydrogens is 298 g/mol. The average Bonchev–Trinajstić information content (AvgIpc) is 3.09. The number of fused-ring (bicyclic) bond motifs is 1. The van der Waals surface area contributed by atoms with E-state index < -0.39 is 0 Å². The molecule has 1 fully saturated rings. The van der Waals surface area contributed by atoms with Gasteiger partial charge in [0.25, 0.3) is 0 Å². The Kier molecular flexibility index (Phi) is 4.27. The van der Waals surface area contributed by atoms with Gasteiger partial charge in [-0.1, -0.05) is 0 Å². The first-order chi connectivity index (χ1) is 11.1. The summed E-state index contributed by atoms with van der Waals surface area (Å²) in [5.41, 5.74) is 1.81. The molecule has 0 saturated carbocycles. The third-order valence-electron chi connectivity index (χ3n) is 3.89. The van der Waals surface area contributed by atoms with E-state index in [1.165, 1.54) is 4.90 Å². The standard InChI is InChI=1S/C16H21N3O4/c1-3-22-14-7-11-6-10(2)23-13(11)8-12(14)18-9-15(20)19-5-4-17-16(19)21/h7-8,10,18H,3-6,9H2,1-2H3,(H,17,21). The minimum absolute atomic E-state index is 0.0296. The van der Waals surface area contributed by atoms with Gasteiger partial charge in [-0.05, 0) is 19.9 Å². The van der Waals surface area contributed by atoms with Crippen molar-refractivity contribution in [2.45, 2.75) is 26.4 Å². The molecule has 1 unspecified atom stereocenters. The van der Waals surface area contributed by atoms with Crippen molar-refractivity contribution in [2.75, 3.05) is 31.6 Å². The molecule has 3 amide bonds. The first-order valence-corrected chi connectivity index (χ1v) is 7.87. The van der Waals surface area contributed by atoms with Crippen molar-refractivity contribution in [3.05, 3.63) is 17.7 Å². The van der Waals surface area contributed by atoms with E-state index in [1.807, 2.05) is 26.0 Å². The fourth-order valence-electron chi connectivity index (χ4n) is 2.83. The number of anilines is 1. The summed E-state index contributed by atoms with van der Waals surface area (Å²) in [7, 11) is 0. The van der Waals surface area contributed by atoms with E-state index in [1.54, 1.807) is 0 Å². The predicted molar refractivity (Wildman–Crippen MR) is 85.0 cm³/mol. The Labute approximate surface area is 134 Å². The minimum atomic E-state index is -0.340. The summed E-state index contributed by atoms with van der Waals surface area (Å²) in [4.78, 5) is 24.8. The molecular formula is C16H21N3O4. The Morgan fingerprint density at radius 2 is 2.35 bits per heavy atom. The van der Waals surface area contributed by atoms with Crippen LogP contribution in [0.5, 0.6) is 11.5 Å². The number of imide groups is 1. The van der Waals surface area contributed by atoms with Gasteiger partial charge in [0.15, 0.2) is 0 Å². The highest BCUT2D eigenvalue weighted by Gasteiger charge is 2.26. The van der Waals surface area contributed by atoms with E-state index in [0.29, 0.717) is 31.1 Å². The van der Waals surface area contributed by atoms with Gasteiger partial charge in [-0.2, -0.15) is 0 Å². The maximum Gasteiger partial charge on any atom is 0.324 e. The molecule has 1 atom stereocenters. The van der Waals surface area contributed by atoms with Crippen LogP contribution in [-0.4, -0.2) is 49.2 Å². The quantitative estimate of drug-likeness (QED) is 0.857. The fraction of sp³-hybridized carbons (Fsp3) is 0.500. The monoisotopic (exact) mass is 319 g/mol. The minimum Gasteiger partial charge on any atom is -0.492 e. The largest absolute Gasteiger partial charge is 0.492 e. The Hall–Kier alpha value is -2.44. The Morgan fingerprint density at radius 3 is 3.04 bits per heavy atom. The van der Waals surface area contributed by atoms with Crippen molar-refractivity contribution in [2.24, 2.45) is 0 Å². The lowest BCUT2D eigenvalue weighted by atomic mass is 10.1. The third-order valence-corrected chi connectivity index (χ3v) is 3.89. The number of benzene rings is 1. The van der Waals surface area contributed by atoms with E-state index in [2.05, 4.69) is 10.6 Å². The molecule has 3 rings (SSSR count). The van der Waals surface area contributed by atoms with Gasteiger partial charge in [-0.15, -0.1) is 0 Å². The number of hydrogen-bond donors (Lipinski definition) is 2. The van der Waals surface area contributed by atoms with Crippen molar-refractivity contribution < 1.29 is 19.1 Å². The molecule has 0 spiro atoms. The van der Waals surface area contributed by atoms with Crippen molar-refractivity contribution in [1.82, 2.24) is 10.2 Å². The lowest BCUT2D eigenvalue weighted by Gasteiger charge is -2.16. The molecule has 1 aromatic carbocycles. The van der Waals surface area contributed by atoms with Gasteiger partial charge in [0.1, 0.15) is 17.6 Å². The first-order valence-electron chi connectivity index (χ1n) is 7.87. The Balaban J connectivity index is 1.72. The summed E-state index contributed by atoms with van der Waals surface area (Å²) in [6.07, 6.45) is 0.993. The highest BCUT2D eigenvalue weighted by atomic mass is 16.5. The van der Waals surface area contributed by atoms with E-state index >= 15 is 0 Å². The van der Waals surface area contributed by atoms with Crippen LogP contribution >= 0.6 is 0 Å². The summed E-state index contributed by atoms with van der Waals surface area (Å²) < 4.78 is 11.4. The number of rotatable bonds is 5. The van der Waals surface area contributed by atoms with Crippen LogP contribution in [0.1, 0.15) is 19.4 Å². The first kappa shape index (κ1) is 15.5. The number of ether oxygens (including phenoxy) is 2. The molecule has 124 valence electrons. The molecule has 23 heavy (non-hydrogen) atoms. The summed E-state index contributed by atoms with van der Waals surface area (Å²) in [6.45, 7) is 5.40. The van der Waals surface area contributed by atoms with Crippen molar-refractivity contribution in [3.63, 3.8) is 0 Å². The van der Waals surface area contributed by atoms with E-state index in [4.69, 9.17) is 9.47 Å². The average molecular weight is 319 g/mol. The second-order valence-electron chi connectivity index (χ2n) is 5.65. The summed E-state index contributed by atoms with van der Waals surface area (Å²) in [6, 6.07) is 3.48. The van der Waals surface area contributed by atoms with Crippen LogP contribution in [-0.2, 0) is 11.2 Å². The SMILES string of the molecule is CCOc1cc2c(cc1NCC(=O)N1CCNC1=O)OC(C)C2. The molecule has 7 nitrogen and oxygen atoms in total. The van der Waals surface area contributed by atoms with E-state index in [0.717, 1.165) is 17.7 Å². The van der Waals surface area contributed by atoms with Gasteiger partial charge in [0.2, 0.25) is 5.91 Å². The zero-order valence-corrected chi connectivity index (χ0v) is 13.3. The molecule has 0 radical (unpaired) electrons. The molecule has 1 aromatic rings. The second-order valence-corrected chi connectivity index (χ2v) is 5.65. The number of hydrogen-bond acceptors (Lipinski definition) is 5. The van der Waals surface area contributed by atoms with E-state index in [-0.39, 0.29) is 24.6 Å². The smallest absolute Gasteiger partial charge is 0.324 e. The zero-order chi connectivity index (χ0) is 16.4. The van der Waals surface area contributed by atoms with Crippen LogP contribution in [0.15, 0.2) is 12.1 Å². The lowest BCUT2D eigenvalue weighted by Crippen LogP contribution is -2.38. The van der Waals surface area contributed by atoms with Crippen molar-refractivity contribution >= 4 is 17.6 Å². The highest BCUT2D eigenvalue weighted by molar-refractivity contribution is 5.97. The topological polar surface area (TPSA) is 79.9 Å².